The van der Waals surface area contributed by atoms with E-state index in [0.717, 1.165) is 0 Å². The summed E-state index contributed by atoms with van der Waals surface area (Å²) in [5.41, 5.74) is -1.22. The smallest absolute Gasteiger partial charge is 0.190 e. The van der Waals surface area contributed by atoms with Gasteiger partial charge >= 0.3 is 0 Å². The molecule has 5 heteroatoms. The van der Waals surface area contributed by atoms with Crippen molar-refractivity contribution in [2.45, 2.75) is 56.6 Å². The molecule has 98 valence electrons. The molecule has 0 saturated carbocycles. The molecule has 0 amide bonds. The maximum Gasteiger partial charge on any atom is 0.190 e. The summed E-state index contributed by atoms with van der Waals surface area (Å²) in [6, 6.07) is 0. The summed E-state index contributed by atoms with van der Waals surface area (Å²) in [4.78, 5) is 0. The van der Waals surface area contributed by atoms with Crippen LogP contribution in [0.4, 0.5) is 0 Å². The summed E-state index contributed by atoms with van der Waals surface area (Å²) >= 11 is 0. The van der Waals surface area contributed by atoms with Gasteiger partial charge in [0.25, 0.3) is 0 Å². The lowest BCUT2D eigenvalue weighted by atomic mass is 9.88. The third-order valence-corrected chi connectivity index (χ3v) is 3.32. The molecule has 2 N–H and O–H groups in total. The molecule has 0 bridgehead atoms. The number of hydrogen-bond acceptors (Lipinski definition) is 5. The molecular formula is C12H20O5. The fourth-order valence-electron chi connectivity index (χ4n) is 2.47. The Balaban J connectivity index is 2.18. The van der Waals surface area contributed by atoms with Crippen LogP contribution >= 0.6 is 0 Å². The van der Waals surface area contributed by atoms with E-state index < -0.39 is 29.9 Å². The highest BCUT2D eigenvalue weighted by Crippen LogP contribution is 2.44. The highest BCUT2D eigenvalue weighted by molar-refractivity contribution is 5.05. The Bertz CT molecular complexity index is 303. The van der Waals surface area contributed by atoms with Crippen molar-refractivity contribution < 1.29 is 24.4 Å². The zero-order valence-electron chi connectivity index (χ0n) is 10.3. The molecule has 0 unspecified atom stereocenters. The van der Waals surface area contributed by atoms with Crippen LogP contribution in [0.5, 0.6) is 0 Å². The van der Waals surface area contributed by atoms with Crippen LogP contribution in [0.1, 0.15) is 26.7 Å². The zero-order chi connectivity index (χ0) is 12.7. The second kappa shape index (κ2) is 4.33. The zero-order valence-corrected chi connectivity index (χ0v) is 10.3. The summed E-state index contributed by atoms with van der Waals surface area (Å²) in [7, 11) is 0. The number of aliphatic hydroxyl groups excluding tert-OH is 1. The molecular weight excluding hydrogens is 224 g/mol. The first-order valence-corrected chi connectivity index (χ1v) is 5.88. The Kier molecular flexibility index (Phi) is 3.31. The Morgan fingerprint density at radius 2 is 2.06 bits per heavy atom. The van der Waals surface area contributed by atoms with Crippen molar-refractivity contribution in [2.75, 3.05) is 6.61 Å². The molecule has 2 aliphatic rings. The maximum absolute atomic E-state index is 10.6. The second-order valence-electron chi connectivity index (χ2n) is 5.05. The lowest BCUT2D eigenvalue weighted by molar-refractivity contribution is -0.234. The molecule has 2 aliphatic heterocycles. The number of rotatable bonds is 4. The van der Waals surface area contributed by atoms with Crippen LogP contribution in [0.25, 0.3) is 0 Å². The topological polar surface area (TPSA) is 68.2 Å². The van der Waals surface area contributed by atoms with Crippen molar-refractivity contribution in [3.63, 3.8) is 0 Å². The van der Waals surface area contributed by atoms with Crippen molar-refractivity contribution in [2.24, 2.45) is 0 Å². The number of ether oxygens (including phenoxy) is 3. The first kappa shape index (κ1) is 13.0. The predicted molar refractivity (Wildman–Crippen MR) is 60.2 cm³/mol. The lowest BCUT2D eigenvalue weighted by Gasteiger charge is -2.32. The van der Waals surface area contributed by atoms with Gasteiger partial charge in [0.1, 0.15) is 17.8 Å². The predicted octanol–water partition coefficient (Wildman–Crippen LogP) is 0.552. The van der Waals surface area contributed by atoms with Gasteiger partial charge in [-0.2, -0.15) is 0 Å². The van der Waals surface area contributed by atoms with Crippen LogP contribution in [-0.4, -0.2) is 46.7 Å². The minimum absolute atomic E-state index is 0.256. The van der Waals surface area contributed by atoms with Crippen molar-refractivity contribution in [3.05, 3.63) is 12.7 Å². The van der Waals surface area contributed by atoms with Crippen LogP contribution in [0.2, 0.25) is 0 Å². The van der Waals surface area contributed by atoms with Crippen molar-refractivity contribution in [1.29, 1.82) is 0 Å². The summed E-state index contributed by atoms with van der Waals surface area (Å²) in [6.07, 6.45) is 0.937. The van der Waals surface area contributed by atoms with Gasteiger partial charge in [0.05, 0.1) is 6.61 Å². The minimum atomic E-state index is -1.22. The Morgan fingerprint density at radius 1 is 1.35 bits per heavy atom. The van der Waals surface area contributed by atoms with Crippen LogP contribution in [0.3, 0.4) is 0 Å². The van der Waals surface area contributed by atoms with E-state index in [1.807, 2.05) is 0 Å². The summed E-state index contributed by atoms with van der Waals surface area (Å²) in [6.45, 7) is 6.92. The third kappa shape index (κ3) is 2.13. The highest BCUT2D eigenvalue weighted by atomic mass is 16.8. The molecule has 5 nitrogen and oxygen atoms in total. The van der Waals surface area contributed by atoms with Crippen LogP contribution < -0.4 is 0 Å². The van der Waals surface area contributed by atoms with E-state index in [-0.39, 0.29) is 6.61 Å². The molecule has 0 radical (unpaired) electrons. The molecule has 0 aliphatic carbocycles. The lowest BCUT2D eigenvalue weighted by Crippen LogP contribution is -2.50. The van der Waals surface area contributed by atoms with Gasteiger partial charge in [0.2, 0.25) is 0 Å². The van der Waals surface area contributed by atoms with Gasteiger partial charge in [0.15, 0.2) is 12.1 Å². The SMILES string of the molecule is C=CCC[C@]1(O)[C@@H](CO)O[C@@H]2OC(C)(C)O[C@@H]21. The van der Waals surface area contributed by atoms with Gasteiger partial charge in [-0.05, 0) is 26.7 Å². The third-order valence-electron chi connectivity index (χ3n) is 3.32. The Labute approximate surface area is 101 Å². The van der Waals surface area contributed by atoms with Gasteiger partial charge in [-0.1, -0.05) is 6.08 Å². The van der Waals surface area contributed by atoms with Crippen LogP contribution in [0, 0.1) is 0 Å². The van der Waals surface area contributed by atoms with Gasteiger partial charge < -0.3 is 24.4 Å². The number of fused-ring (bicyclic) bond motifs is 1. The van der Waals surface area contributed by atoms with Gasteiger partial charge in [-0.15, -0.1) is 6.58 Å². The molecule has 4 atom stereocenters. The highest BCUT2D eigenvalue weighted by Gasteiger charge is 2.62. The monoisotopic (exact) mass is 244 g/mol. The Hall–Kier alpha value is -0.460. The molecule has 2 heterocycles. The quantitative estimate of drug-likeness (QED) is 0.707. The van der Waals surface area contributed by atoms with E-state index >= 15 is 0 Å². The summed E-state index contributed by atoms with van der Waals surface area (Å²) in [5, 5.41) is 19.9. The fourth-order valence-corrected chi connectivity index (χ4v) is 2.47. The van der Waals surface area contributed by atoms with E-state index in [1.165, 1.54) is 0 Å². The van der Waals surface area contributed by atoms with Gasteiger partial charge in [-0.3, -0.25) is 0 Å². The summed E-state index contributed by atoms with van der Waals surface area (Å²) < 4.78 is 16.7. The van der Waals surface area contributed by atoms with E-state index in [9.17, 15) is 10.2 Å². The summed E-state index contributed by atoms with van der Waals surface area (Å²) in [5.74, 6) is -0.766. The van der Waals surface area contributed by atoms with Gasteiger partial charge in [0, 0.05) is 0 Å². The van der Waals surface area contributed by atoms with E-state index in [2.05, 4.69) is 6.58 Å². The molecule has 17 heavy (non-hydrogen) atoms. The first-order valence-electron chi connectivity index (χ1n) is 5.88. The van der Waals surface area contributed by atoms with E-state index in [1.54, 1.807) is 19.9 Å². The first-order chi connectivity index (χ1) is 7.93. The molecule has 0 aromatic carbocycles. The maximum atomic E-state index is 10.6. The normalized spacial score (nSPS) is 43.6. The molecule has 2 saturated heterocycles. The standard InChI is InChI=1S/C12H20O5/c1-4-5-6-12(14)8(7-13)15-10-9(12)16-11(2,3)17-10/h4,8-10,13-14H,1,5-7H2,2-3H3/t8-,9+,10-,12+/m1/s1. The fraction of sp³-hybridized carbons (Fsp3) is 0.833. The number of aliphatic hydroxyl groups is 2. The molecule has 0 spiro atoms. The molecule has 2 fully saturated rings. The average Bonchev–Trinajstić information content (AvgIpc) is 2.69. The number of allylic oxidation sites excluding steroid dienone is 1. The molecule has 0 aromatic heterocycles. The largest absolute Gasteiger partial charge is 0.394 e. The van der Waals surface area contributed by atoms with Crippen LogP contribution in [0.15, 0.2) is 12.7 Å². The average molecular weight is 244 g/mol. The van der Waals surface area contributed by atoms with Crippen LogP contribution in [-0.2, 0) is 14.2 Å². The van der Waals surface area contributed by atoms with E-state index in [0.29, 0.717) is 12.8 Å². The van der Waals surface area contributed by atoms with Crippen molar-refractivity contribution in [3.8, 4) is 0 Å². The van der Waals surface area contributed by atoms with Gasteiger partial charge in [-0.25, -0.2) is 0 Å². The minimum Gasteiger partial charge on any atom is -0.394 e. The molecule has 0 aromatic rings. The Morgan fingerprint density at radius 3 is 2.65 bits per heavy atom. The number of hydrogen-bond donors (Lipinski definition) is 2. The van der Waals surface area contributed by atoms with Crippen molar-refractivity contribution >= 4 is 0 Å². The van der Waals surface area contributed by atoms with Crippen molar-refractivity contribution in [1.82, 2.24) is 0 Å². The second-order valence-corrected chi connectivity index (χ2v) is 5.05. The molecule has 2 rings (SSSR count). The van der Waals surface area contributed by atoms with E-state index in [4.69, 9.17) is 14.2 Å².